The number of nitrogens with zero attached hydrogens (tertiary/aromatic N) is 1. The maximum absolute atomic E-state index is 13.0. The Labute approximate surface area is 196 Å². The third-order valence-electron chi connectivity index (χ3n) is 6.53. The summed E-state index contributed by atoms with van der Waals surface area (Å²) in [7, 11) is -3.74. The topological polar surface area (TPSA) is 66.5 Å². The molecule has 0 aliphatic carbocycles. The van der Waals surface area contributed by atoms with Crippen LogP contribution in [0.4, 0.5) is 11.4 Å². The molecule has 0 aromatic heterocycles. The fourth-order valence-electron chi connectivity index (χ4n) is 5.19. The van der Waals surface area contributed by atoms with Gasteiger partial charge in [0.2, 0.25) is 5.91 Å². The summed E-state index contributed by atoms with van der Waals surface area (Å²) in [6.07, 6.45) is 0.699. The lowest BCUT2D eigenvalue weighted by atomic mass is 9.65. The first-order chi connectivity index (χ1) is 15.4. The lowest BCUT2D eigenvalue weighted by molar-refractivity contribution is -0.117. The fourth-order valence-corrected chi connectivity index (χ4v) is 6.24. The molecule has 3 aromatic rings. The number of hydrogen-bond donors (Lipinski definition) is 1. The molecule has 1 atom stereocenters. The van der Waals surface area contributed by atoms with Gasteiger partial charge < -0.3 is 4.90 Å². The number of sulfonamides is 1. The number of carbonyl (C=O) groups is 1. The van der Waals surface area contributed by atoms with E-state index in [-0.39, 0.29) is 10.8 Å². The lowest BCUT2D eigenvalue weighted by Gasteiger charge is -2.51. The van der Waals surface area contributed by atoms with E-state index in [1.165, 1.54) is 0 Å². The summed E-state index contributed by atoms with van der Waals surface area (Å²) in [6, 6.07) is 22.4. The lowest BCUT2D eigenvalue weighted by Crippen LogP contribution is -2.55. The van der Waals surface area contributed by atoms with E-state index in [0.29, 0.717) is 12.1 Å². The summed E-state index contributed by atoms with van der Waals surface area (Å²) in [6.45, 7) is 9.81. The number of amides is 1. The number of anilines is 2. The van der Waals surface area contributed by atoms with Crippen molar-refractivity contribution in [1.82, 2.24) is 0 Å². The van der Waals surface area contributed by atoms with Gasteiger partial charge in [0.1, 0.15) is 0 Å². The average Bonchev–Trinajstić information content (AvgIpc) is 2.74. The smallest absolute Gasteiger partial charge is 0.261 e. The van der Waals surface area contributed by atoms with Crippen molar-refractivity contribution in [2.45, 2.75) is 56.9 Å². The quantitative estimate of drug-likeness (QED) is 0.546. The van der Waals surface area contributed by atoms with Crippen LogP contribution in [0, 0.1) is 6.92 Å². The number of hydrogen-bond acceptors (Lipinski definition) is 3. The van der Waals surface area contributed by atoms with Crippen LogP contribution < -0.4 is 9.62 Å². The van der Waals surface area contributed by atoms with Crippen LogP contribution in [0.2, 0.25) is 0 Å². The van der Waals surface area contributed by atoms with Gasteiger partial charge in [-0.1, -0.05) is 55.0 Å². The first kappa shape index (κ1) is 23.1. The zero-order chi connectivity index (χ0) is 24.0. The molecule has 6 heteroatoms. The van der Waals surface area contributed by atoms with Crippen molar-refractivity contribution in [2.24, 2.45) is 0 Å². The summed E-state index contributed by atoms with van der Waals surface area (Å²) >= 11 is 0. The second-order valence-corrected chi connectivity index (χ2v) is 11.4. The number of rotatable bonds is 4. The van der Waals surface area contributed by atoms with Gasteiger partial charge in [0.15, 0.2) is 0 Å². The van der Waals surface area contributed by atoms with Gasteiger partial charge in [-0.25, -0.2) is 8.42 Å². The number of benzene rings is 3. The molecule has 0 saturated heterocycles. The summed E-state index contributed by atoms with van der Waals surface area (Å²) < 4.78 is 28.8. The molecule has 1 unspecified atom stereocenters. The van der Waals surface area contributed by atoms with E-state index in [4.69, 9.17) is 0 Å². The van der Waals surface area contributed by atoms with Gasteiger partial charge in [-0.3, -0.25) is 9.52 Å². The van der Waals surface area contributed by atoms with Crippen molar-refractivity contribution in [3.8, 4) is 0 Å². The predicted molar refractivity (Wildman–Crippen MR) is 133 cm³/mol. The van der Waals surface area contributed by atoms with Crippen molar-refractivity contribution in [2.75, 3.05) is 9.62 Å². The Bertz CT molecular complexity index is 1300. The van der Waals surface area contributed by atoms with E-state index in [9.17, 15) is 13.2 Å². The van der Waals surface area contributed by atoms with Crippen LogP contribution in [0.15, 0.2) is 77.7 Å². The van der Waals surface area contributed by atoms with Crippen molar-refractivity contribution in [3.05, 3.63) is 89.5 Å². The highest BCUT2D eigenvalue weighted by atomic mass is 32.2. The minimum atomic E-state index is -3.74. The molecule has 1 amide bonds. The molecule has 33 heavy (non-hydrogen) atoms. The summed E-state index contributed by atoms with van der Waals surface area (Å²) in [5, 5.41) is 0. The minimum absolute atomic E-state index is 0.0376. The first-order valence-electron chi connectivity index (χ1n) is 11.0. The van der Waals surface area contributed by atoms with Gasteiger partial charge in [0.25, 0.3) is 10.0 Å². The zero-order valence-corrected chi connectivity index (χ0v) is 20.5. The molecule has 0 saturated carbocycles. The summed E-state index contributed by atoms with van der Waals surface area (Å²) in [5.74, 6) is -0.0376. The second-order valence-electron chi connectivity index (χ2n) is 9.69. The molecule has 1 N–H and O–H groups in total. The van der Waals surface area contributed by atoms with Crippen LogP contribution in [0.25, 0.3) is 0 Å². The molecule has 1 aliphatic rings. The molecule has 1 heterocycles. The Balaban J connectivity index is 1.85. The third kappa shape index (κ3) is 4.15. The molecule has 0 radical (unpaired) electrons. The van der Waals surface area contributed by atoms with Gasteiger partial charge in [0, 0.05) is 29.3 Å². The number of nitrogens with one attached hydrogen (secondary N) is 1. The number of carbonyl (C=O) groups excluding carboxylic acids is 1. The Kier molecular flexibility index (Phi) is 5.61. The molecule has 4 rings (SSSR count). The third-order valence-corrected chi connectivity index (χ3v) is 7.93. The molecule has 0 spiro atoms. The Morgan fingerprint density at radius 2 is 1.58 bits per heavy atom. The van der Waals surface area contributed by atoms with Gasteiger partial charge in [0.05, 0.1) is 4.90 Å². The van der Waals surface area contributed by atoms with Crippen molar-refractivity contribution >= 4 is 27.3 Å². The predicted octanol–water partition coefficient (Wildman–Crippen LogP) is 5.64. The van der Waals surface area contributed by atoms with Crippen molar-refractivity contribution in [3.63, 3.8) is 0 Å². The summed E-state index contributed by atoms with van der Waals surface area (Å²) in [5.41, 5.74) is 3.51. The monoisotopic (exact) mass is 462 g/mol. The van der Waals surface area contributed by atoms with Crippen LogP contribution in [0.5, 0.6) is 0 Å². The largest absolute Gasteiger partial charge is 0.307 e. The highest BCUT2D eigenvalue weighted by molar-refractivity contribution is 7.92. The normalized spacial score (nSPS) is 19.6. The molecular weight excluding hydrogens is 432 g/mol. The SMILES string of the molecule is CC(=O)N1c2ccc(NS(=O)(=O)c3ccc(C)cc3)cc2C(C)(c2ccccc2)CC1(C)C. The molecule has 0 fully saturated rings. The van der Waals surface area contributed by atoms with E-state index >= 15 is 0 Å². The van der Waals surface area contributed by atoms with E-state index in [0.717, 1.165) is 22.4 Å². The van der Waals surface area contributed by atoms with E-state index in [1.54, 1.807) is 37.3 Å². The highest BCUT2D eigenvalue weighted by Crippen LogP contribution is 2.51. The van der Waals surface area contributed by atoms with Gasteiger partial charge in [-0.2, -0.15) is 0 Å². The number of fused-ring (bicyclic) bond motifs is 1. The van der Waals surface area contributed by atoms with Crippen molar-refractivity contribution in [1.29, 1.82) is 0 Å². The van der Waals surface area contributed by atoms with Gasteiger partial charge in [-0.15, -0.1) is 0 Å². The van der Waals surface area contributed by atoms with E-state index in [1.807, 2.05) is 42.2 Å². The minimum Gasteiger partial charge on any atom is -0.307 e. The van der Waals surface area contributed by atoms with Crippen LogP contribution >= 0.6 is 0 Å². The average molecular weight is 463 g/mol. The molecule has 0 bridgehead atoms. The van der Waals surface area contributed by atoms with Crippen LogP contribution in [0.3, 0.4) is 0 Å². The Hall–Kier alpha value is -3.12. The maximum atomic E-state index is 13.0. The maximum Gasteiger partial charge on any atom is 0.261 e. The van der Waals surface area contributed by atoms with Gasteiger partial charge in [-0.05, 0) is 68.7 Å². The summed E-state index contributed by atoms with van der Waals surface area (Å²) in [4.78, 5) is 14.7. The fraction of sp³-hybridized carbons (Fsp3) is 0.296. The standard InChI is InChI=1S/C27H30N2O3S/c1-19-11-14-23(15-12-19)33(31,32)28-22-13-16-25-24(17-22)27(5,21-9-7-6-8-10-21)18-26(3,4)29(25)20(2)30/h6-17,28H,18H2,1-5H3. The van der Waals surface area contributed by atoms with Crippen LogP contribution in [-0.4, -0.2) is 19.9 Å². The van der Waals surface area contributed by atoms with Crippen LogP contribution in [-0.2, 0) is 20.2 Å². The number of aryl methyl sites for hydroxylation is 1. The molecule has 5 nitrogen and oxygen atoms in total. The molecule has 1 aliphatic heterocycles. The second kappa shape index (κ2) is 8.03. The first-order valence-corrected chi connectivity index (χ1v) is 12.5. The Morgan fingerprint density at radius 1 is 0.939 bits per heavy atom. The molecular formula is C27H30N2O3S. The van der Waals surface area contributed by atoms with Crippen LogP contribution in [0.1, 0.15) is 50.8 Å². The van der Waals surface area contributed by atoms with Gasteiger partial charge >= 0.3 is 0 Å². The molecule has 172 valence electrons. The van der Waals surface area contributed by atoms with E-state index < -0.39 is 21.0 Å². The zero-order valence-electron chi connectivity index (χ0n) is 19.7. The van der Waals surface area contributed by atoms with Crippen molar-refractivity contribution < 1.29 is 13.2 Å². The molecule has 3 aromatic carbocycles. The van der Waals surface area contributed by atoms with E-state index in [2.05, 4.69) is 37.6 Å². The Morgan fingerprint density at radius 3 is 2.18 bits per heavy atom. The highest BCUT2D eigenvalue weighted by Gasteiger charge is 2.47.